The maximum atomic E-state index is 11.0. The number of hydrogen-bond donors (Lipinski definition) is 1. The second-order valence-electron chi connectivity index (χ2n) is 4.51. The van der Waals surface area contributed by atoms with Gasteiger partial charge in [-0.25, -0.2) is 0 Å². The molecule has 1 aliphatic rings. The molecule has 0 aromatic heterocycles. The lowest BCUT2D eigenvalue weighted by Gasteiger charge is -2.27. The highest BCUT2D eigenvalue weighted by atomic mass is 35.5. The Hall–Kier alpha value is -1.33. The maximum absolute atomic E-state index is 11.0. The van der Waals surface area contributed by atoms with Gasteiger partial charge in [-0.15, -0.1) is 0 Å². The van der Waals surface area contributed by atoms with Crippen molar-refractivity contribution in [2.45, 2.75) is 37.8 Å². The van der Waals surface area contributed by atoms with Gasteiger partial charge in [-0.05, 0) is 37.8 Å². The Kier molecular flexibility index (Phi) is 4.04. The summed E-state index contributed by atoms with van der Waals surface area (Å²) in [6.07, 6.45) is 3.50. The van der Waals surface area contributed by atoms with Crippen LogP contribution in [0.3, 0.4) is 0 Å². The number of nitro groups is 1. The summed E-state index contributed by atoms with van der Waals surface area (Å²) in [7, 11) is 0. The smallest absolute Gasteiger partial charge is 0.329 e. The van der Waals surface area contributed by atoms with Crippen LogP contribution < -0.4 is 10.5 Å². The summed E-state index contributed by atoms with van der Waals surface area (Å²) in [6.45, 7) is 0. The highest BCUT2D eigenvalue weighted by Crippen LogP contribution is 2.36. The number of ether oxygens (including phenoxy) is 1. The summed E-state index contributed by atoms with van der Waals surface area (Å²) in [5, 5.41) is 11.1. The lowest BCUT2D eigenvalue weighted by Crippen LogP contribution is -2.33. The van der Waals surface area contributed by atoms with Gasteiger partial charge in [0.2, 0.25) is 0 Å². The number of hydrogen-bond acceptors (Lipinski definition) is 4. The lowest BCUT2D eigenvalue weighted by atomic mass is 9.93. The van der Waals surface area contributed by atoms with Gasteiger partial charge in [-0.3, -0.25) is 10.1 Å². The van der Waals surface area contributed by atoms with Crippen LogP contribution in [0.2, 0.25) is 5.02 Å². The molecule has 1 aromatic carbocycles. The molecule has 0 amide bonds. The normalized spacial score (nSPS) is 23.7. The molecule has 98 valence electrons. The number of para-hydroxylation sites is 1. The van der Waals surface area contributed by atoms with E-state index in [1.165, 1.54) is 6.07 Å². The molecule has 0 radical (unpaired) electrons. The summed E-state index contributed by atoms with van der Waals surface area (Å²) >= 11 is 5.82. The van der Waals surface area contributed by atoms with Crippen LogP contribution in [0.1, 0.15) is 25.7 Å². The molecule has 1 aromatic rings. The molecule has 5 nitrogen and oxygen atoms in total. The highest BCUT2D eigenvalue weighted by Gasteiger charge is 2.25. The number of halogens is 1. The summed E-state index contributed by atoms with van der Waals surface area (Å²) in [6, 6.07) is 4.82. The molecule has 6 heteroatoms. The van der Waals surface area contributed by atoms with E-state index in [1.54, 1.807) is 12.1 Å². The quantitative estimate of drug-likeness (QED) is 0.677. The fourth-order valence-electron chi connectivity index (χ4n) is 2.24. The van der Waals surface area contributed by atoms with E-state index in [-0.39, 0.29) is 28.6 Å². The molecule has 1 fully saturated rings. The van der Waals surface area contributed by atoms with Crippen molar-refractivity contribution in [1.29, 1.82) is 0 Å². The van der Waals surface area contributed by atoms with Crippen molar-refractivity contribution in [3.8, 4) is 5.75 Å². The molecule has 1 saturated carbocycles. The van der Waals surface area contributed by atoms with Crippen LogP contribution in [-0.2, 0) is 0 Å². The van der Waals surface area contributed by atoms with E-state index in [0.29, 0.717) is 0 Å². The minimum absolute atomic E-state index is 0.0640. The van der Waals surface area contributed by atoms with E-state index in [4.69, 9.17) is 22.1 Å². The van der Waals surface area contributed by atoms with Crippen molar-refractivity contribution in [3.63, 3.8) is 0 Å². The standard InChI is InChI=1S/C12H15ClN2O3/c13-10-5-2-6-11(12(10)15(16)17)18-9-4-1-3-8(14)7-9/h2,5-6,8-9H,1,3-4,7,14H2. The van der Waals surface area contributed by atoms with Gasteiger partial charge in [0.05, 0.1) is 4.92 Å². The second kappa shape index (κ2) is 5.54. The van der Waals surface area contributed by atoms with Gasteiger partial charge in [0.25, 0.3) is 0 Å². The van der Waals surface area contributed by atoms with Crippen molar-refractivity contribution in [1.82, 2.24) is 0 Å². The topological polar surface area (TPSA) is 78.4 Å². The minimum atomic E-state index is -0.513. The van der Waals surface area contributed by atoms with Crippen LogP contribution in [0.4, 0.5) is 5.69 Å². The first-order valence-electron chi connectivity index (χ1n) is 5.93. The predicted molar refractivity (Wildman–Crippen MR) is 69.0 cm³/mol. The first kappa shape index (κ1) is 13.1. The fraction of sp³-hybridized carbons (Fsp3) is 0.500. The zero-order valence-corrected chi connectivity index (χ0v) is 10.6. The molecule has 0 heterocycles. The van der Waals surface area contributed by atoms with Crippen LogP contribution in [0.5, 0.6) is 5.75 Å². The van der Waals surface area contributed by atoms with Gasteiger partial charge < -0.3 is 10.5 Å². The van der Waals surface area contributed by atoms with E-state index < -0.39 is 4.92 Å². The molecule has 1 aliphatic carbocycles. The average molecular weight is 271 g/mol. The van der Waals surface area contributed by atoms with E-state index in [9.17, 15) is 10.1 Å². The van der Waals surface area contributed by atoms with Crippen molar-refractivity contribution in [3.05, 3.63) is 33.3 Å². The van der Waals surface area contributed by atoms with Crippen LogP contribution >= 0.6 is 11.6 Å². The number of benzene rings is 1. The maximum Gasteiger partial charge on any atom is 0.329 e. The number of nitrogens with zero attached hydrogens (tertiary/aromatic N) is 1. The zero-order chi connectivity index (χ0) is 13.1. The van der Waals surface area contributed by atoms with Crippen LogP contribution in [0.25, 0.3) is 0 Å². The van der Waals surface area contributed by atoms with Gasteiger partial charge in [0.1, 0.15) is 11.1 Å². The van der Waals surface area contributed by atoms with Crippen molar-refractivity contribution < 1.29 is 9.66 Å². The van der Waals surface area contributed by atoms with E-state index in [1.807, 2.05) is 0 Å². The molecule has 18 heavy (non-hydrogen) atoms. The molecular weight excluding hydrogens is 256 g/mol. The molecule has 0 saturated heterocycles. The first-order chi connectivity index (χ1) is 8.58. The summed E-state index contributed by atoms with van der Waals surface area (Å²) in [5.41, 5.74) is 5.70. The third kappa shape index (κ3) is 2.91. The molecule has 2 atom stereocenters. The van der Waals surface area contributed by atoms with Crippen LogP contribution in [-0.4, -0.2) is 17.1 Å². The van der Waals surface area contributed by atoms with Crippen LogP contribution in [0.15, 0.2) is 18.2 Å². The Labute approximate surface area is 110 Å². The Bertz CT molecular complexity index is 453. The largest absolute Gasteiger partial charge is 0.483 e. The Morgan fingerprint density at radius 2 is 2.22 bits per heavy atom. The van der Waals surface area contributed by atoms with Crippen molar-refractivity contribution in [2.24, 2.45) is 5.73 Å². The van der Waals surface area contributed by atoms with Crippen molar-refractivity contribution in [2.75, 3.05) is 0 Å². The first-order valence-corrected chi connectivity index (χ1v) is 6.31. The monoisotopic (exact) mass is 270 g/mol. The second-order valence-corrected chi connectivity index (χ2v) is 4.92. The summed E-state index contributed by atoms with van der Waals surface area (Å²) in [4.78, 5) is 10.5. The molecule has 2 rings (SSSR count). The molecule has 0 spiro atoms. The summed E-state index contributed by atoms with van der Waals surface area (Å²) in [5.74, 6) is 0.228. The number of nitro benzene ring substituents is 1. The van der Waals surface area contributed by atoms with E-state index in [0.717, 1.165) is 25.7 Å². The highest BCUT2D eigenvalue weighted by molar-refractivity contribution is 6.32. The number of rotatable bonds is 3. The van der Waals surface area contributed by atoms with Gasteiger partial charge >= 0.3 is 5.69 Å². The molecule has 2 unspecified atom stereocenters. The molecular formula is C12H15ClN2O3. The zero-order valence-electron chi connectivity index (χ0n) is 9.84. The lowest BCUT2D eigenvalue weighted by molar-refractivity contribution is -0.385. The van der Waals surface area contributed by atoms with E-state index in [2.05, 4.69) is 0 Å². The predicted octanol–water partition coefficient (Wildman–Crippen LogP) is 2.90. The molecule has 2 N–H and O–H groups in total. The van der Waals surface area contributed by atoms with Crippen LogP contribution in [0, 0.1) is 10.1 Å². The average Bonchev–Trinajstić information content (AvgIpc) is 2.28. The summed E-state index contributed by atoms with van der Waals surface area (Å²) < 4.78 is 5.69. The molecule has 0 bridgehead atoms. The fourth-order valence-corrected chi connectivity index (χ4v) is 2.47. The molecule has 0 aliphatic heterocycles. The van der Waals surface area contributed by atoms with Gasteiger partial charge in [-0.1, -0.05) is 17.7 Å². The Morgan fingerprint density at radius 3 is 2.89 bits per heavy atom. The Balaban J connectivity index is 2.18. The minimum Gasteiger partial charge on any atom is -0.483 e. The third-order valence-corrected chi connectivity index (χ3v) is 3.40. The van der Waals surface area contributed by atoms with E-state index >= 15 is 0 Å². The van der Waals surface area contributed by atoms with Gasteiger partial charge in [0, 0.05) is 6.04 Å². The SMILES string of the molecule is NC1CCCC(Oc2cccc(Cl)c2[N+](=O)[O-])C1. The number of nitrogens with two attached hydrogens (primary N) is 1. The third-order valence-electron chi connectivity index (χ3n) is 3.09. The van der Waals surface area contributed by atoms with Gasteiger partial charge in [-0.2, -0.15) is 0 Å². The van der Waals surface area contributed by atoms with Gasteiger partial charge in [0.15, 0.2) is 5.75 Å². The van der Waals surface area contributed by atoms with Crippen molar-refractivity contribution >= 4 is 17.3 Å². The Morgan fingerprint density at radius 1 is 1.44 bits per heavy atom.